The van der Waals surface area contributed by atoms with Crippen LogP contribution in [0.2, 0.25) is 0 Å². The summed E-state index contributed by atoms with van der Waals surface area (Å²) in [7, 11) is 0. The summed E-state index contributed by atoms with van der Waals surface area (Å²) in [5.74, 6) is 0.261. The van der Waals surface area contributed by atoms with Gasteiger partial charge in [-0.3, -0.25) is 9.88 Å². The van der Waals surface area contributed by atoms with Crippen LogP contribution in [0.25, 0.3) is 0 Å². The van der Waals surface area contributed by atoms with Crippen LogP contribution in [0.15, 0.2) is 47.4 Å². The van der Waals surface area contributed by atoms with E-state index in [1.807, 2.05) is 0 Å². The number of benzene rings is 1. The van der Waals surface area contributed by atoms with Gasteiger partial charge < -0.3 is 24.8 Å². The van der Waals surface area contributed by atoms with E-state index in [0.29, 0.717) is 5.75 Å². The van der Waals surface area contributed by atoms with Crippen LogP contribution in [-0.4, -0.2) is 55.4 Å². The van der Waals surface area contributed by atoms with Crippen molar-refractivity contribution < 1.29 is 29.6 Å². The number of hydrogen-bond donors (Lipinski definition) is 4. The maximum Gasteiger partial charge on any atom is 0.418 e. The normalized spacial score (nSPS) is 27.3. The Morgan fingerprint density at radius 3 is 2.67 bits per heavy atom. The maximum atomic E-state index is 12.3. The number of ether oxygens (including phenoxy) is 2. The molecule has 0 bridgehead atoms. The van der Waals surface area contributed by atoms with Crippen molar-refractivity contribution in [2.75, 3.05) is 11.9 Å². The minimum Gasteiger partial charge on any atom is -0.410 e. The third-order valence-corrected chi connectivity index (χ3v) is 4.20. The average molecular weight is 377 g/mol. The lowest BCUT2D eigenvalue weighted by molar-refractivity contribution is -0.0986. The summed E-state index contributed by atoms with van der Waals surface area (Å²) in [6.45, 7) is 0.759. The summed E-state index contributed by atoms with van der Waals surface area (Å²) in [4.78, 5) is 27.8. The van der Waals surface area contributed by atoms with E-state index in [-0.39, 0.29) is 5.82 Å². The number of nitrogens with zero attached hydrogens (tertiary/aromatic N) is 2. The molecular weight excluding hydrogens is 358 g/mol. The molecular formula is C17H19N3O7. The molecule has 27 heavy (non-hydrogen) atoms. The second-order valence-electron chi connectivity index (χ2n) is 6.21. The fourth-order valence-corrected chi connectivity index (χ4v) is 2.78. The SMILES string of the molecule is C[C@@]1(O)[C@H](O)[C@@H](CO)O[C@H]1n1ccc(NC(=O)Oc2ccccc2)nc1=O. The van der Waals surface area contributed by atoms with Gasteiger partial charge in [0.05, 0.1) is 6.61 Å². The molecule has 0 unspecified atom stereocenters. The molecule has 0 radical (unpaired) electrons. The maximum absolute atomic E-state index is 12.3. The van der Waals surface area contributed by atoms with E-state index < -0.39 is 42.4 Å². The molecule has 4 atom stereocenters. The van der Waals surface area contributed by atoms with Crippen molar-refractivity contribution in [2.24, 2.45) is 0 Å². The molecule has 1 saturated heterocycles. The van der Waals surface area contributed by atoms with Gasteiger partial charge in [-0.25, -0.2) is 9.59 Å². The average Bonchev–Trinajstić information content (AvgIpc) is 2.86. The molecule has 1 aliphatic rings. The second kappa shape index (κ2) is 7.45. The Labute approximate surface area is 153 Å². The number of hydrogen-bond acceptors (Lipinski definition) is 8. The molecule has 0 spiro atoms. The summed E-state index contributed by atoms with van der Waals surface area (Å²) in [6.07, 6.45) is -3.27. The fraction of sp³-hybridized carbons (Fsp3) is 0.353. The van der Waals surface area contributed by atoms with Crippen molar-refractivity contribution in [1.82, 2.24) is 9.55 Å². The molecule has 2 aromatic rings. The molecule has 10 nitrogen and oxygen atoms in total. The van der Waals surface area contributed by atoms with Gasteiger partial charge in [0, 0.05) is 6.20 Å². The smallest absolute Gasteiger partial charge is 0.410 e. The third-order valence-electron chi connectivity index (χ3n) is 4.20. The molecule has 1 fully saturated rings. The predicted octanol–water partition coefficient (Wildman–Crippen LogP) is -0.144. The molecule has 3 rings (SSSR count). The number of anilines is 1. The van der Waals surface area contributed by atoms with Crippen LogP contribution in [-0.2, 0) is 4.74 Å². The van der Waals surface area contributed by atoms with Crippen LogP contribution in [0.1, 0.15) is 13.2 Å². The Bertz CT molecular complexity index is 868. The number of para-hydroxylation sites is 1. The number of aliphatic hydroxyl groups is 3. The molecule has 0 saturated carbocycles. The highest BCUT2D eigenvalue weighted by molar-refractivity contribution is 5.84. The van der Waals surface area contributed by atoms with Crippen LogP contribution in [0.5, 0.6) is 5.75 Å². The van der Waals surface area contributed by atoms with E-state index in [1.165, 1.54) is 19.2 Å². The molecule has 1 aromatic heterocycles. The van der Waals surface area contributed by atoms with Crippen molar-refractivity contribution in [3.8, 4) is 5.75 Å². The highest BCUT2D eigenvalue weighted by Gasteiger charge is 2.53. The number of rotatable bonds is 4. The van der Waals surface area contributed by atoms with Crippen LogP contribution >= 0.6 is 0 Å². The lowest BCUT2D eigenvalue weighted by Crippen LogP contribution is -2.46. The monoisotopic (exact) mass is 377 g/mol. The molecule has 4 N–H and O–H groups in total. The fourth-order valence-electron chi connectivity index (χ4n) is 2.78. The first-order chi connectivity index (χ1) is 12.8. The number of aliphatic hydroxyl groups excluding tert-OH is 2. The van der Waals surface area contributed by atoms with Crippen LogP contribution < -0.4 is 15.7 Å². The van der Waals surface area contributed by atoms with Crippen molar-refractivity contribution in [1.29, 1.82) is 0 Å². The number of carbonyl (C=O) groups is 1. The Balaban J connectivity index is 1.74. The zero-order chi connectivity index (χ0) is 19.6. The summed E-state index contributed by atoms with van der Waals surface area (Å²) in [5.41, 5.74) is -2.65. The van der Waals surface area contributed by atoms with Gasteiger partial charge >= 0.3 is 11.8 Å². The largest absolute Gasteiger partial charge is 0.418 e. The quantitative estimate of drug-likeness (QED) is 0.576. The van der Waals surface area contributed by atoms with Crippen molar-refractivity contribution >= 4 is 11.9 Å². The zero-order valence-electron chi connectivity index (χ0n) is 14.3. The standard InChI is InChI=1S/C17H19N3O7/c1-17(25)13(22)11(9-21)27-14(17)20-8-7-12(18-15(20)23)19-16(24)26-10-5-3-2-4-6-10/h2-8,11,13-14,21-22,25H,9H2,1H3,(H,18,19,23,24)/t11-,13-,14-,17-/m1/s1. The van der Waals surface area contributed by atoms with Gasteiger partial charge in [0.25, 0.3) is 0 Å². The topological polar surface area (TPSA) is 143 Å². The van der Waals surface area contributed by atoms with E-state index >= 15 is 0 Å². The van der Waals surface area contributed by atoms with E-state index in [0.717, 1.165) is 4.57 Å². The highest BCUT2D eigenvalue weighted by atomic mass is 16.6. The number of aromatic nitrogens is 2. The first kappa shape index (κ1) is 19.0. The van der Waals surface area contributed by atoms with Crippen molar-refractivity contribution in [3.05, 3.63) is 53.1 Å². The summed E-state index contributed by atoms with van der Waals surface area (Å²) >= 11 is 0. The highest BCUT2D eigenvalue weighted by Crippen LogP contribution is 2.37. The number of amides is 1. The predicted molar refractivity (Wildman–Crippen MR) is 92.2 cm³/mol. The lowest BCUT2D eigenvalue weighted by atomic mass is 9.96. The van der Waals surface area contributed by atoms with Crippen LogP contribution in [0.3, 0.4) is 0 Å². The Morgan fingerprint density at radius 1 is 1.37 bits per heavy atom. The van der Waals surface area contributed by atoms with Gasteiger partial charge in [-0.2, -0.15) is 4.98 Å². The van der Waals surface area contributed by atoms with Crippen molar-refractivity contribution in [2.45, 2.75) is 31.0 Å². The van der Waals surface area contributed by atoms with E-state index in [9.17, 15) is 24.9 Å². The van der Waals surface area contributed by atoms with E-state index in [2.05, 4.69) is 10.3 Å². The molecule has 1 amide bonds. The molecule has 144 valence electrons. The third kappa shape index (κ3) is 3.83. The summed E-state index contributed by atoms with van der Waals surface area (Å²) in [5, 5.41) is 32.0. The first-order valence-corrected chi connectivity index (χ1v) is 8.12. The molecule has 0 aliphatic carbocycles. The number of carbonyl (C=O) groups excluding carboxylic acids is 1. The second-order valence-corrected chi connectivity index (χ2v) is 6.21. The molecule has 2 heterocycles. The van der Waals surface area contributed by atoms with E-state index in [1.54, 1.807) is 30.3 Å². The van der Waals surface area contributed by atoms with Crippen molar-refractivity contribution in [3.63, 3.8) is 0 Å². The molecule has 1 aliphatic heterocycles. The minimum absolute atomic E-state index is 0.0610. The van der Waals surface area contributed by atoms with Gasteiger partial charge in [-0.1, -0.05) is 18.2 Å². The van der Waals surface area contributed by atoms with E-state index in [4.69, 9.17) is 9.47 Å². The molecule has 1 aromatic carbocycles. The Morgan fingerprint density at radius 2 is 2.07 bits per heavy atom. The molecule has 10 heteroatoms. The van der Waals surface area contributed by atoms with Crippen LogP contribution in [0, 0.1) is 0 Å². The van der Waals surface area contributed by atoms with Gasteiger partial charge in [0.1, 0.15) is 29.4 Å². The van der Waals surface area contributed by atoms with Gasteiger partial charge in [-0.15, -0.1) is 0 Å². The zero-order valence-corrected chi connectivity index (χ0v) is 14.3. The van der Waals surface area contributed by atoms with Gasteiger partial charge in [-0.05, 0) is 25.1 Å². The Kier molecular flexibility index (Phi) is 5.24. The van der Waals surface area contributed by atoms with Gasteiger partial charge in [0.2, 0.25) is 0 Å². The number of nitrogens with one attached hydrogen (secondary N) is 1. The summed E-state index contributed by atoms with van der Waals surface area (Å²) < 4.78 is 11.4. The van der Waals surface area contributed by atoms with Gasteiger partial charge in [0.15, 0.2) is 6.23 Å². The van der Waals surface area contributed by atoms with Crippen LogP contribution in [0.4, 0.5) is 10.6 Å². The Hall–Kier alpha value is -2.79. The minimum atomic E-state index is -1.82. The lowest BCUT2D eigenvalue weighted by Gasteiger charge is -2.27. The first-order valence-electron chi connectivity index (χ1n) is 8.12. The summed E-state index contributed by atoms with van der Waals surface area (Å²) in [6, 6.07) is 9.66.